The van der Waals surface area contributed by atoms with Crippen molar-refractivity contribution in [1.82, 2.24) is 40.1 Å². The van der Waals surface area contributed by atoms with E-state index in [-0.39, 0.29) is 43.2 Å². The van der Waals surface area contributed by atoms with E-state index in [4.69, 9.17) is 24.2 Å². The Labute approximate surface area is 369 Å². The van der Waals surface area contributed by atoms with Crippen molar-refractivity contribution in [3.05, 3.63) is 52.1 Å². The summed E-state index contributed by atoms with van der Waals surface area (Å²) in [5.74, 6) is -0.730. The number of thiazole rings is 1. The molecule has 7 heterocycles. The summed E-state index contributed by atoms with van der Waals surface area (Å²) in [6.45, 7) is 18.3. The molecule has 3 fully saturated rings. The molecule has 2 N–H and O–H groups in total. The summed E-state index contributed by atoms with van der Waals surface area (Å²) < 4.78 is 20.2. The Bertz CT molecular complexity index is 2280. The first-order valence-electron chi connectivity index (χ1n) is 22.2. The van der Waals surface area contributed by atoms with Crippen LogP contribution in [0.15, 0.2) is 35.8 Å². The first kappa shape index (κ1) is 44.0. The maximum absolute atomic E-state index is 14.4. The number of likely N-dealkylation sites (N-methyl/N-ethyl adjacent to an activating group) is 1. The molecule has 3 saturated heterocycles. The number of esters is 1. The van der Waals surface area contributed by atoms with Crippen molar-refractivity contribution in [2.75, 3.05) is 71.6 Å². The molecule has 334 valence electrons. The Kier molecular flexibility index (Phi) is 12.9. The second-order valence-electron chi connectivity index (χ2n) is 18.3. The molecular weight excluding hydrogens is 807 g/mol. The molecule has 4 aliphatic rings. The van der Waals surface area contributed by atoms with Crippen molar-refractivity contribution in [2.45, 2.75) is 104 Å². The van der Waals surface area contributed by atoms with Crippen LogP contribution >= 0.6 is 11.3 Å². The number of morpholine rings is 1. The lowest BCUT2D eigenvalue weighted by Gasteiger charge is -2.40. The largest absolute Gasteiger partial charge is 0.464 e. The van der Waals surface area contributed by atoms with E-state index in [1.54, 1.807) is 12.0 Å². The van der Waals surface area contributed by atoms with Gasteiger partial charge >= 0.3 is 12.0 Å². The van der Waals surface area contributed by atoms with E-state index in [9.17, 15) is 14.4 Å². The number of hydrogen-bond acceptors (Lipinski definition) is 12. The van der Waals surface area contributed by atoms with Crippen LogP contribution in [0.25, 0.3) is 33.4 Å². The van der Waals surface area contributed by atoms with Crippen molar-refractivity contribution >= 4 is 45.8 Å². The molecule has 3 amide bonds. The molecule has 8 rings (SSSR count). The van der Waals surface area contributed by atoms with E-state index < -0.39 is 23.5 Å². The van der Waals surface area contributed by atoms with E-state index in [1.807, 2.05) is 32.3 Å². The number of carbonyl (C=O) groups is 3. The predicted octanol–water partition coefficient (Wildman–Crippen LogP) is 5.66. The Balaban J connectivity index is 1.24. The Morgan fingerprint density at radius 1 is 1.10 bits per heavy atom. The number of hydrogen-bond donors (Lipinski definition) is 2. The molecule has 6 bridgehead atoms. The predicted molar refractivity (Wildman–Crippen MR) is 241 cm³/mol. The van der Waals surface area contributed by atoms with Crippen LogP contribution in [0, 0.1) is 5.41 Å². The van der Waals surface area contributed by atoms with Crippen molar-refractivity contribution in [3.63, 3.8) is 0 Å². The zero-order valence-electron chi connectivity index (χ0n) is 37.5. The highest BCUT2D eigenvalue weighted by Gasteiger charge is 2.38. The number of rotatable bonds is 6. The number of hydrazine groups is 1. The molecule has 1 aromatic carbocycles. The van der Waals surface area contributed by atoms with Gasteiger partial charge in [-0.2, -0.15) is 0 Å². The molecule has 0 saturated carbocycles. The van der Waals surface area contributed by atoms with Crippen LogP contribution in [0.4, 0.5) is 10.5 Å². The lowest BCUT2D eigenvalue weighted by Crippen LogP contribution is -2.63. The molecule has 0 aliphatic carbocycles. The third-order valence-electron chi connectivity index (χ3n) is 13.0. The van der Waals surface area contributed by atoms with Gasteiger partial charge in [0.15, 0.2) is 0 Å². The fourth-order valence-electron chi connectivity index (χ4n) is 9.47. The van der Waals surface area contributed by atoms with Crippen LogP contribution in [0.3, 0.4) is 0 Å². The van der Waals surface area contributed by atoms with Gasteiger partial charge < -0.3 is 38.8 Å². The van der Waals surface area contributed by atoms with E-state index >= 15 is 0 Å². The maximum Gasteiger partial charge on any atom is 0.324 e. The van der Waals surface area contributed by atoms with Crippen molar-refractivity contribution in [3.8, 4) is 22.5 Å². The molecule has 3 aromatic heterocycles. The average molecular weight is 870 g/mol. The summed E-state index contributed by atoms with van der Waals surface area (Å²) in [5, 5.41) is 8.39. The molecule has 0 radical (unpaired) electrons. The third kappa shape index (κ3) is 8.94. The highest BCUT2D eigenvalue weighted by molar-refractivity contribution is 7.10. The van der Waals surface area contributed by atoms with Gasteiger partial charge in [-0.25, -0.2) is 15.2 Å². The number of aryl methyl sites for hydroxylation is 1. The van der Waals surface area contributed by atoms with Gasteiger partial charge in [-0.05, 0) is 77.8 Å². The highest BCUT2D eigenvalue weighted by atomic mass is 32.1. The van der Waals surface area contributed by atoms with E-state index in [1.165, 1.54) is 16.3 Å². The number of fused-ring (bicyclic) bond motifs is 6. The van der Waals surface area contributed by atoms with Crippen LogP contribution < -0.4 is 15.6 Å². The normalized spacial score (nSPS) is 24.5. The molecule has 5 atom stereocenters. The number of urea groups is 1. The van der Waals surface area contributed by atoms with Gasteiger partial charge in [0, 0.05) is 85.6 Å². The van der Waals surface area contributed by atoms with E-state index in [0.29, 0.717) is 50.6 Å². The smallest absolute Gasteiger partial charge is 0.324 e. The second kappa shape index (κ2) is 18.2. The van der Waals surface area contributed by atoms with Gasteiger partial charge in [0.1, 0.15) is 12.1 Å². The fraction of sp³-hybridized carbons (Fsp3) is 0.587. The van der Waals surface area contributed by atoms with Gasteiger partial charge in [-0.15, -0.1) is 11.3 Å². The minimum atomic E-state index is -0.932. The van der Waals surface area contributed by atoms with E-state index in [0.717, 1.165) is 76.5 Å². The number of nitrogens with one attached hydrogen (secondary N) is 2. The molecule has 0 spiro atoms. The topological polar surface area (TPSA) is 147 Å². The zero-order chi connectivity index (χ0) is 43.9. The summed E-state index contributed by atoms with van der Waals surface area (Å²) in [5.41, 5.74) is 10.7. The summed E-state index contributed by atoms with van der Waals surface area (Å²) in [4.78, 5) is 59.0. The maximum atomic E-state index is 14.4. The van der Waals surface area contributed by atoms with E-state index in [2.05, 4.69) is 77.2 Å². The number of methoxy groups -OCH3 is 1. The van der Waals surface area contributed by atoms with Crippen LogP contribution in [-0.2, 0) is 43.2 Å². The molecule has 62 heavy (non-hydrogen) atoms. The quantitative estimate of drug-likeness (QED) is 0.232. The van der Waals surface area contributed by atoms with Crippen LogP contribution in [-0.4, -0.2) is 138 Å². The number of amides is 3. The number of piperazine rings is 1. The lowest BCUT2D eigenvalue weighted by atomic mass is 9.84. The summed E-state index contributed by atoms with van der Waals surface area (Å²) in [6, 6.07) is 6.52. The first-order valence-corrected chi connectivity index (χ1v) is 23.1. The van der Waals surface area contributed by atoms with Crippen LogP contribution in [0.1, 0.15) is 76.8 Å². The number of aromatic nitrogens is 3. The SMILES string of the molecule is CCn1c(-c2cc(N3CCN(C)CC3)cnc2[C@H](C)OC)c2c3cc(ccc31)-c1csc(n1)C[C@H](NC(=O)N1[C@@H](C)COC[C@@H]1C)C(=O)N1CCC[C@H](N1)C(=O)OCC(C)(C)C2. The van der Waals surface area contributed by atoms with Gasteiger partial charge in [0.05, 0.1) is 72.0 Å². The van der Waals surface area contributed by atoms with Gasteiger partial charge in [-0.1, -0.05) is 19.9 Å². The highest BCUT2D eigenvalue weighted by Crippen LogP contribution is 2.43. The zero-order valence-corrected chi connectivity index (χ0v) is 38.3. The summed E-state index contributed by atoms with van der Waals surface area (Å²) in [6.07, 6.45) is 3.64. The van der Waals surface area contributed by atoms with Gasteiger partial charge in [0.25, 0.3) is 5.91 Å². The Hall–Kier alpha value is -4.61. The fourth-order valence-corrected chi connectivity index (χ4v) is 10.3. The monoisotopic (exact) mass is 869 g/mol. The van der Waals surface area contributed by atoms with Crippen molar-refractivity contribution < 1.29 is 28.6 Å². The molecule has 4 aromatic rings. The van der Waals surface area contributed by atoms with Crippen LogP contribution in [0.2, 0.25) is 0 Å². The van der Waals surface area contributed by atoms with Crippen LogP contribution in [0.5, 0.6) is 0 Å². The number of nitrogens with zero attached hydrogens (tertiary/aromatic N) is 7. The number of cyclic esters (lactones) is 1. The molecule has 4 aliphatic heterocycles. The standard InChI is InChI=1S/C46H63N9O6S/c1-9-53-39-13-12-31-19-33(39)35(42(53)34-20-32(23-47-41(34)30(4)59-8)52-17-15-51(7)16-18-52)22-46(5,6)27-61-44(57)36-11-10-14-54(50-36)43(56)37(21-40-48-38(31)26-62-40)49-45(58)55-28(2)24-60-25-29(55)3/h12-13,19-20,23,26,28-30,36-37,50H,9-11,14-18,21-22,24-25,27H2,1-8H3,(H,49,58)/t28-,29-,30-,36-,37-/m0/s1. The minimum Gasteiger partial charge on any atom is -0.464 e. The van der Waals surface area contributed by atoms with Crippen molar-refractivity contribution in [1.29, 1.82) is 0 Å². The summed E-state index contributed by atoms with van der Waals surface area (Å²) >= 11 is 1.47. The molecular formula is C46H63N9O6S. The molecule has 15 nitrogen and oxygen atoms in total. The number of ether oxygens (including phenoxy) is 3. The Morgan fingerprint density at radius 2 is 1.85 bits per heavy atom. The number of benzene rings is 1. The Morgan fingerprint density at radius 3 is 2.58 bits per heavy atom. The second-order valence-corrected chi connectivity index (χ2v) is 19.3. The van der Waals surface area contributed by atoms with Crippen molar-refractivity contribution in [2.24, 2.45) is 5.41 Å². The first-order chi connectivity index (χ1) is 29.7. The molecule has 0 unspecified atom stereocenters. The average Bonchev–Trinajstić information content (AvgIpc) is 3.86. The number of anilines is 1. The minimum absolute atomic E-state index is 0.161. The number of pyridine rings is 1. The lowest BCUT2D eigenvalue weighted by molar-refractivity contribution is -0.155. The third-order valence-corrected chi connectivity index (χ3v) is 13.8. The number of carbonyl (C=O) groups excluding carboxylic acids is 3. The van der Waals surface area contributed by atoms with Gasteiger partial charge in [0.2, 0.25) is 0 Å². The van der Waals surface area contributed by atoms with Gasteiger partial charge in [-0.3, -0.25) is 19.6 Å². The molecule has 16 heteroatoms. The summed E-state index contributed by atoms with van der Waals surface area (Å²) in [7, 11) is 3.89.